The summed E-state index contributed by atoms with van der Waals surface area (Å²) in [4.78, 5) is 23.6. The molecule has 1 N–H and O–H groups in total. The number of fused-ring (bicyclic) bond motifs is 1. The van der Waals surface area contributed by atoms with Gasteiger partial charge in [0.2, 0.25) is 0 Å². The number of phenolic OH excluding ortho intramolecular Hbond substituents is 1. The highest BCUT2D eigenvalue weighted by atomic mass is 16.6. The molecule has 0 aliphatic carbocycles. The second-order valence-corrected chi connectivity index (χ2v) is 7.40. The Labute approximate surface area is 190 Å². The first-order valence-corrected chi connectivity index (χ1v) is 10.4. The Morgan fingerprint density at radius 1 is 1.12 bits per heavy atom. The Bertz CT molecular complexity index is 1360. The summed E-state index contributed by atoms with van der Waals surface area (Å²) >= 11 is 0. The van der Waals surface area contributed by atoms with Crippen molar-refractivity contribution in [3.8, 4) is 28.1 Å². The summed E-state index contributed by atoms with van der Waals surface area (Å²) in [7, 11) is 0. The van der Waals surface area contributed by atoms with Gasteiger partial charge in [0.25, 0.3) is 5.69 Å². The smallest absolute Gasteiger partial charge is 0.340 e. The van der Waals surface area contributed by atoms with Gasteiger partial charge in [0, 0.05) is 29.6 Å². The van der Waals surface area contributed by atoms with E-state index in [4.69, 9.17) is 4.74 Å². The van der Waals surface area contributed by atoms with Crippen LogP contribution in [0.25, 0.3) is 33.3 Å². The van der Waals surface area contributed by atoms with Gasteiger partial charge < -0.3 is 14.4 Å². The molecule has 0 saturated heterocycles. The summed E-state index contributed by atoms with van der Waals surface area (Å²) < 4.78 is 7.31. The fraction of sp³-hybridized carbons (Fsp3) is 0.115. The van der Waals surface area contributed by atoms with Gasteiger partial charge in [0.1, 0.15) is 5.75 Å². The SMILES string of the molecule is C=CCn1c(-c2ccccc2)c(C(=O)OCC)c2cc(O)c(-c3ccc([N+](=O)[O-])cc3)cc21. The van der Waals surface area contributed by atoms with Crippen LogP contribution < -0.4 is 0 Å². The molecule has 0 amide bonds. The molecule has 0 atom stereocenters. The highest BCUT2D eigenvalue weighted by molar-refractivity contribution is 6.12. The molecule has 7 heteroatoms. The topological polar surface area (TPSA) is 94.6 Å². The molecular weight excluding hydrogens is 420 g/mol. The predicted molar refractivity (Wildman–Crippen MR) is 127 cm³/mol. The number of esters is 1. The normalized spacial score (nSPS) is 10.8. The van der Waals surface area contributed by atoms with E-state index in [1.165, 1.54) is 12.1 Å². The number of nitro benzene ring substituents is 1. The van der Waals surface area contributed by atoms with Crippen LogP contribution in [-0.4, -0.2) is 27.2 Å². The number of hydrogen-bond donors (Lipinski definition) is 1. The van der Waals surface area contributed by atoms with Gasteiger partial charge in [-0.25, -0.2) is 4.79 Å². The van der Waals surface area contributed by atoms with E-state index in [2.05, 4.69) is 6.58 Å². The Kier molecular flexibility index (Phi) is 5.95. The van der Waals surface area contributed by atoms with Gasteiger partial charge in [-0.3, -0.25) is 10.1 Å². The van der Waals surface area contributed by atoms with Crippen LogP contribution in [0.2, 0.25) is 0 Å². The first kappa shape index (κ1) is 21.8. The Hall–Kier alpha value is -4.39. The van der Waals surface area contributed by atoms with Crippen molar-refractivity contribution < 1.29 is 19.6 Å². The van der Waals surface area contributed by atoms with Crippen molar-refractivity contribution in [1.29, 1.82) is 0 Å². The van der Waals surface area contributed by atoms with Crippen molar-refractivity contribution in [1.82, 2.24) is 4.57 Å². The number of rotatable bonds is 7. The molecule has 166 valence electrons. The molecule has 0 radical (unpaired) electrons. The molecule has 4 rings (SSSR count). The number of hydrogen-bond acceptors (Lipinski definition) is 5. The molecule has 3 aromatic carbocycles. The number of nitro groups is 1. The number of allylic oxidation sites excluding steroid dienone is 1. The number of phenols is 1. The maximum atomic E-state index is 13.0. The maximum Gasteiger partial charge on any atom is 0.340 e. The van der Waals surface area contributed by atoms with Gasteiger partial charge in [-0.1, -0.05) is 36.4 Å². The second-order valence-electron chi connectivity index (χ2n) is 7.40. The van der Waals surface area contributed by atoms with Gasteiger partial charge in [0.05, 0.1) is 28.3 Å². The third-order valence-corrected chi connectivity index (χ3v) is 5.41. The lowest BCUT2D eigenvalue weighted by atomic mass is 10.0. The highest BCUT2D eigenvalue weighted by Gasteiger charge is 2.26. The third kappa shape index (κ3) is 3.96. The van der Waals surface area contributed by atoms with E-state index in [0.29, 0.717) is 39.8 Å². The minimum absolute atomic E-state index is 0.0367. The van der Waals surface area contributed by atoms with Crippen molar-refractivity contribution in [3.63, 3.8) is 0 Å². The lowest BCUT2D eigenvalue weighted by Crippen LogP contribution is -2.07. The van der Waals surface area contributed by atoms with Crippen LogP contribution in [-0.2, 0) is 11.3 Å². The molecule has 1 heterocycles. The first-order chi connectivity index (χ1) is 16.0. The quantitative estimate of drug-likeness (QED) is 0.165. The monoisotopic (exact) mass is 442 g/mol. The van der Waals surface area contributed by atoms with Crippen molar-refractivity contribution in [2.45, 2.75) is 13.5 Å². The van der Waals surface area contributed by atoms with Crippen LogP contribution in [0.15, 0.2) is 79.4 Å². The second kappa shape index (κ2) is 9.00. The lowest BCUT2D eigenvalue weighted by molar-refractivity contribution is -0.384. The van der Waals surface area contributed by atoms with Crippen molar-refractivity contribution in [3.05, 3.63) is 95.1 Å². The van der Waals surface area contributed by atoms with E-state index in [1.807, 2.05) is 34.9 Å². The summed E-state index contributed by atoms with van der Waals surface area (Å²) in [6.07, 6.45) is 1.74. The number of aromatic nitrogens is 1. The molecule has 33 heavy (non-hydrogen) atoms. The fourth-order valence-corrected chi connectivity index (χ4v) is 4.00. The minimum Gasteiger partial charge on any atom is -0.507 e. The third-order valence-electron chi connectivity index (χ3n) is 5.41. The van der Waals surface area contributed by atoms with Gasteiger partial charge in [0.15, 0.2) is 0 Å². The number of aromatic hydroxyl groups is 1. The zero-order valence-electron chi connectivity index (χ0n) is 18.0. The van der Waals surface area contributed by atoms with Gasteiger partial charge in [-0.2, -0.15) is 0 Å². The molecular formula is C26H22N2O5. The Morgan fingerprint density at radius 2 is 1.82 bits per heavy atom. The number of carbonyl (C=O) groups is 1. The Balaban J connectivity index is 2.03. The van der Waals surface area contributed by atoms with E-state index in [0.717, 1.165) is 5.56 Å². The van der Waals surface area contributed by atoms with Crippen LogP contribution >= 0.6 is 0 Å². The molecule has 7 nitrogen and oxygen atoms in total. The van der Waals surface area contributed by atoms with Crippen molar-refractivity contribution in [2.75, 3.05) is 6.61 Å². The number of ether oxygens (including phenoxy) is 1. The van der Waals surface area contributed by atoms with Gasteiger partial charge >= 0.3 is 5.97 Å². The molecule has 0 bridgehead atoms. The number of nitrogens with zero attached hydrogens (tertiary/aromatic N) is 2. The minimum atomic E-state index is -0.480. The summed E-state index contributed by atoms with van der Waals surface area (Å²) in [6, 6.07) is 18.8. The van der Waals surface area contributed by atoms with Crippen LogP contribution in [0, 0.1) is 10.1 Å². The molecule has 0 fully saturated rings. The summed E-state index contributed by atoms with van der Waals surface area (Å²) in [6.45, 7) is 6.24. The van der Waals surface area contributed by atoms with Crippen molar-refractivity contribution >= 4 is 22.6 Å². The molecule has 0 saturated carbocycles. The van der Waals surface area contributed by atoms with Crippen LogP contribution in [0.5, 0.6) is 5.75 Å². The average Bonchev–Trinajstić information content (AvgIpc) is 3.12. The Morgan fingerprint density at radius 3 is 2.42 bits per heavy atom. The standard InChI is InChI=1S/C26H22N2O5/c1-3-14-27-22-15-20(17-10-12-19(13-11-17)28(31)32)23(29)16-21(22)24(26(30)33-4-2)25(27)18-8-6-5-7-9-18/h3,5-13,15-16,29H,1,4,14H2,2H3. The maximum absolute atomic E-state index is 13.0. The van der Waals surface area contributed by atoms with Crippen molar-refractivity contribution in [2.24, 2.45) is 0 Å². The number of benzene rings is 3. The van der Waals surface area contributed by atoms with Crippen LogP contribution in [0.1, 0.15) is 17.3 Å². The summed E-state index contributed by atoms with van der Waals surface area (Å²) in [5.74, 6) is -0.524. The van der Waals surface area contributed by atoms with E-state index >= 15 is 0 Å². The molecule has 0 aliphatic rings. The molecule has 4 aromatic rings. The fourth-order valence-electron chi connectivity index (χ4n) is 4.00. The molecule has 0 spiro atoms. The van der Waals surface area contributed by atoms with E-state index in [1.54, 1.807) is 37.3 Å². The molecule has 0 aliphatic heterocycles. The molecule has 1 aromatic heterocycles. The predicted octanol–water partition coefficient (Wildman–Crippen LogP) is 5.95. The van der Waals surface area contributed by atoms with Crippen LogP contribution in [0.4, 0.5) is 5.69 Å². The summed E-state index contributed by atoms with van der Waals surface area (Å²) in [5.41, 5.74) is 3.65. The average molecular weight is 442 g/mol. The van der Waals surface area contributed by atoms with E-state index in [-0.39, 0.29) is 18.0 Å². The number of carbonyl (C=O) groups excluding carboxylic acids is 1. The number of non-ortho nitro benzene ring substituents is 1. The highest BCUT2D eigenvalue weighted by Crippen LogP contribution is 2.40. The largest absolute Gasteiger partial charge is 0.507 e. The van der Waals surface area contributed by atoms with Gasteiger partial charge in [-0.05, 0) is 42.3 Å². The van der Waals surface area contributed by atoms with E-state index in [9.17, 15) is 20.0 Å². The zero-order chi connectivity index (χ0) is 23.5. The molecule has 0 unspecified atom stereocenters. The lowest BCUT2D eigenvalue weighted by Gasteiger charge is -2.11. The van der Waals surface area contributed by atoms with E-state index < -0.39 is 10.9 Å². The van der Waals surface area contributed by atoms with Gasteiger partial charge in [-0.15, -0.1) is 6.58 Å². The first-order valence-electron chi connectivity index (χ1n) is 10.4. The summed E-state index contributed by atoms with van der Waals surface area (Å²) in [5, 5.41) is 22.4. The zero-order valence-corrected chi connectivity index (χ0v) is 18.0. The van der Waals surface area contributed by atoms with Crippen LogP contribution in [0.3, 0.4) is 0 Å².